The molecule has 3 aliphatic rings. The van der Waals surface area contributed by atoms with Gasteiger partial charge in [-0.05, 0) is 47.2 Å². The van der Waals surface area contributed by atoms with E-state index in [2.05, 4.69) is 50.2 Å². The lowest BCUT2D eigenvalue weighted by atomic mass is 10.1. The van der Waals surface area contributed by atoms with Crippen LogP contribution in [0.4, 0.5) is 5.69 Å². The van der Waals surface area contributed by atoms with Gasteiger partial charge >= 0.3 is 0 Å². The number of nitrogens with one attached hydrogen (secondary N) is 2. The molecule has 148 valence electrons. The Hall–Kier alpha value is -1.28. The first-order valence-electron chi connectivity index (χ1n) is 9.91. The Labute approximate surface area is 175 Å². The van der Waals surface area contributed by atoms with Gasteiger partial charge in [-0.25, -0.2) is 4.72 Å². The number of hydrogen-bond acceptors (Lipinski definition) is 6. The maximum atomic E-state index is 9.77. The molecule has 0 unspecified atom stereocenters. The summed E-state index contributed by atoms with van der Waals surface area (Å²) >= 11 is 8.22. The second kappa shape index (κ2) is 7.86. The first kappa shape index (κ1) is 18.7. The van der Waals surface area contributed by atoms with E-state index in [4.69, 9.17) is 11.6 Å². The molecule has 2 aromatic carbocycles. The number of anilines is 1. The number of aliphatic hydroxyl groups excluding tert-OH is 1. The van der Waals surface area contributed by atoms with Crippen LogP contribution in [-0.2, 0) is 12.8 Å². The van der Waals surface area contributed by atoms with Gasteiger partial charge in [0.05, 0.1) is 6.17 Å². The van der Waals surface area contributed by atoms with Crippen molar-refractivity contribution in [2.75, 3.05) is 38.0 Å². The van der Waals surface area contributed by atoms with Crippen LogP contribution in [0.15, 0.2) is 41.3 Å². The van der Waals surface area contributed by atoms with Gasteiger partial charge in [0.1, 0.15) is 6.23 Å². The van der Waals surface area contributed by atoms with E-state index in [1.54, 1.807) is 11.9 Å². The monoisotopic (exact) mass is 416 g/mol. The Morgan fingerprint density at radius 2 is 1.96 bits per heavy atom. The highest BCUT2D eigenvalue weighted by molar-refractivity contribution is 7.97. The van der Waals surface area contributed by atoms with E-state index in [1.807, 2.05) is 6.07 Å². The number of aliphatic hydroxyl groups is 1. The fourth-order valence-electron chi connectivity index (χ4n) is 4.38. The third-order valence-corrected chi connectivity index (χ3v) is 7.26. The van der Waals surface area contributed by atoms with Crippen LogP contribution in [0.1, 0.15) is 22.9 Å². The number of nitrogens with zero attached hydrogens (tertiary/aromatic N) is 2. The maximum absolute atomic E-state index is 9.77. The molecule has 28 heavy (non-hydrogen) atoms. The molecule has 3 heterocycles. The van der Waals surface area contributed by atoms with Gasteiger partial charge < -0.3 is 15.3 Å². The Kier molecular flexibility index (Phi) is 5.26. The molecule has 0 spiro atoms. The average Bonchev–Trinajstić information content (AvgIpc) is 3.29. The van der Waals surface area contributed by atoms with E-state index in [1.165, 1.54) is 21.6 Å². The number of hydrogen-bond donors (Lipinski definition) is 3. The minimum Gasteiger partial charge on any atom is -0.373 e. The lowest BCUT2D eigenvalue weighted by molar-refractivity contribution is 0.0938. The molecule has 2 atom stereocenters. The molecule has 0 saturated carbocycles. The van der Waals surface area contributed by atoms with E-state index in [9.17, 15) is 5.11 Å². The molecule has 0 aromatic heterocycles. The number of halogens is 1. The summed E-state index contributed by atoms with van der Waals surface area (Å²) < 4.78 is 3.58. The van der Waals surface area contributed by atoms with Gasteiger partial charge in [-0.2, -0.15) is 0 Å². The second-order valence-corrected chi connectivity index (χ2v) is 9.04. The lowest BCUT2D eigenvalue weighted by Crippen LogP contribution is -2.49. The first-order chi connectivity index (χ1) is 13.7. The lowest BCUT2D eigenvalue weighted by Gasteiger charge is -2.38. The number of piperazine rings is 1. The van der Waals surface area contributed by atoms with Gasteiger partial charge in [-0.3, -0.25) is 4.90 Å². The predicted molar refractivity (Wildman–Crippen MR) is 115 cm³/mol. The van der Waals surface area contributed by atoms with Crippen molar-refractivity contribution in [3.05, 3.63) is 58.1 Å². The first-order valence-corrected chi connectivity index (χ1v) is 11.1. The van der Waals surface area contributed by atoms with E-state index in [0.717, 1.165) is 49.9 Å². The van der Waals surface area contributed by atoms with Crippen molar-refractivity contribution in [1.82, 2.24) is 14.5 Å². The van der Waals surface area contributed by atoms with Crippen LogP contribution in [0.3, 0.4) is 0 Å². The van der Waals surface area contributed by atoms with E-state index in [0.29, 0.717) is 12.6 Å². The summed E-state index contributed by atoms with van der Waals surface area (Å²) in [6.45, 7) is 5.31. The van der Waals surface area contributed by atoms with Crippen molar-refractivity contribution in [2.45, 2.75) is 30.1 Å². The molecule has 3 N–H and O–H groups in total. The fraction of sp³-hybridized carbons (Fsp3) is 0.429. The largest absolute Gasteiger partial charge is 0.373 e. The van der Waals surface area contributed by atoms with Gasteiger partial charge in [0, 0.05) is 54.8 Å². The maximum Gasteiger partial charge on any atom is 0.128 e. The van der Waals surface area contributed by atoms with Crippen molar-refractivity contribution in [3.8, 4) is 0 Å². The third-order valence-electron chi connectivity index (χ3n) is 5.97. The van der Waals surface area contributed by atoms with Crippen LogP contribution >= 0.6 is 23.5 Å². The third kappa shape index (κ3) is 3.65. The number of fused-ring (bicyclic) bond motifs is 2. The Balaban J connectivity index is 1.16. The molecule has 1 fully saturated rings. The molecule has 0 bridgehead atoms. The zero-order valence-electron chi connectivity index (χ0n) is 15.7. The summed E-state index contributed by atoms with van der Waals surface area (Å²) in [5.74, 6) is 0. The Morgan fingerprint density at radius 3 is 2.82 bits per heavy atom. The summed E-state index contributed by atoms with van der Waals surface area (Å²) in [5, 5.41) is 13.6. The van der Waals surface area contributed by atoms with Crippen molar-refractivity contribution in [2.24, 2.45) is 0 Å². The highest BCUT2D eigenvalue weighted by Crippen LogP contribution is 2.37. The average molecular weight is 417 g/mol. The second-order valence-electron chi connectivity index (χ2n) is 7.75. The summed E-state index contributed by atoms with van der Waals surface area (Å²) in [7, 11) is 0. The van der Waals surface area contributed by atoms with Gasteiger partial charge in [0.25, 0.3) is 0 Å². The Morgan fingerprint density at radius 1 is 1.14 bits per heavy atom. The quantitative estimate of drug-likeness (QED) is 0.666. The van der Waals surface area contributed by atoms with Crippen LogP contribution in [0.5, 0.6) is 0 Å². The smallest absolute Gasteiger partial charge is 0.128 e. The molecular weight excluding hydrogens is 392 g/mol. The molecule has 0 amide bonds. The Bertz CT molecular complexity index is 871. The zero-order chi connectivity index (χ0) is 19.1. The number of benzene rings is 2. The zero-order valence-corrected chi connectivity index (χ0v) is 17.3. The minimum atomic E-state index is -0.484. The van der Waals surface area contributed by atoms with Crippen LogP contribution in [-0.4, -0.2) is 53.9 Å². The molecule has 2 aromatic rings. The van der Waals surface area contributed by atoms with Gasteiger partial charge in [-0.15, -0.1) is 0 Å². The van der Waals surface area contributed by atoms with Gasteiger partial charge in [0.2, 0.25) is 0 Å². The van der Waals surface area contributed by atoms with Crippen LogP contribution < -0.4 is 10.0 Å². The highest BCUT2D eigenvalue weighted by Gasteiger charge is 2.30. The molecule has 0 radical (unpaired) electrons. The summed E-state index contributed by atoms with van der Waals surface area (Å²) in [5.41, 5.74) is 4.72. The van der Waals surface area contributed by atoms with Gasteiger partial charge in [-0.1, -0.05) is 35.9 Å². The van der Waals surface area contributed by atoms with Crippen LogP contribution in [0.2, 0.25) is 5.02 Å². The van der Waals surface area contributed by atoms with E-state index >= 15 is 0 Å². The predicted octanol–water partition coefficient (Wildman–Crippen LogP) is 3.10. The molecule has 1 saturated heterocycles. The number of rotatable bonds is 4. The SMILES string of the molecule is O[C@@H]1Cc2cc(CCN3CCN([C@H]4NSc5ccccc54)CC3)c(Cl)cc2N1. The molecule has 7 heteroatoms. The van der Waals surface area contributed by atoms with Crippen LogP contribution in [0.25, 0.3) is 0 Å². The molecule has 5 rings (SSSR count). The normalized spacial score (nSPS) is 24.8. The highest BCUT2D eigenvalue weighted by atomic mass is 35.5. The van der Waals surface area contributed by atoms with Crippen molar-refractivity contribution >= 4 is 29.2 Å². The standard InChI is InChI=1S/C21H25ClN4OS/c22-17-13-18-15(12-20(27)23-18)11-14(17)5-6-25-7-9-26(10-8-25)21-16-3-1-2-4-19(16)28-24-21/h1-4,11,13,20-21,23-24,27H,5-10,12H2/t20-,21-/m1/s1. The van der Waals surface area contributed by atoms with E-state index < -0.39 is 6.23 Å². The van der Waals surface area contributed by atoms with Crippen molar-refractivity contribution < 1.29 is 5.11 Å². The fourth-order valence-corrected chi connectivity index (χ4v) is 5.60. The molecule has 5 nitrogen and oxygen atoms in total. The van der Waals surface area contributed by atoms with E-state index in [-0.39, 0.29) is 0 Å². The topological polar surface area (TPSA) is 50.8 Å². The van der Waals surface area contributed by atoms with Crippen molar-refractivity contribution in [1.29, 1.82) is 0 Å². The minimum absolute atomic E-state index is 0.327. The molecule has 0 aliphatic carbocycles. The molecular formula is C21H25ClN4OS. The molecule has 3 aliphatic heterocycles. The van der Waals surface area contributed by atoms with Crippen LogP contribution in [0, 0.1) is 0 Å². The van der Waals surface area contributed by atoms with Gasteiger partial charge in [0.15, 0.2) is 0 Å². The summed E-state index contributed by atoms with van der Waals surface area (Å²) in [6, 6.07) is 12.8. The summed E-state index contributed by atoms with van der Waals surface area (Å²) in [6.07, 6.45) is 1.45. The summed E-state index contributed by atoms with van der Waals surface area (Å²) in [4.78, 5) is 6.42. The van der Waals surface area contributed by atoms with Crippen molar-refractivity contribution in [3.63, 3.8) is 0 Å².